The molecule has 2 atom stereocenters. The molecule has 0 bridgehead atoms. The quantitative estimate of drug-likeness (QED) is 0.564. The summed E-state index contributed by atoms with van der Waals surface area (Å²) in [6.45, 7) is 12.0. The van der Waals surface area contributed by atoms with E-state index >= 15 is 0 Å². The van der Waals surface area contributed by atoms with Crippen molar-refractivity contribution < 1.29 is 4.74 Å². The maximum atomic E-state index is 6.09. The molecular weight excluding hydrogens is 338 g/mol. The van der Waals surface area contributed by atoms with Crippen LogP contribution >= 0.6 is 0 Å². The van der Waals surface area contributed by atoms with Gasteiger partial charge in [0.25, 0.3) is 0 Å². The molecule has 2 heterocycles. The van der Waals surface area contributed by atoms with E-state index in [1.54, 1.807) is 0 Å². The van der Waals surface area contributed by atoms with Crippen LogP contribution in [0.4, 0.5) is 0 Å². The first kappa shape index (κ1) is 20.1. The van der Waals surface area contributed by atoms with E-state index in [1.165, 1.54) is 30.5 Å². The number of hydrogen-bond donors (Lipinski definition) is 2. The van der Waals surface area contributed by atoms with E-state index in [2.05, 4.69) is 58.2 Å². The molecule has 150 valence electrons. The lowest BCUT2D eigenvalue weighted by molar-refractivity contribution is -0.0212. The van der Waals surface area contributed by atoms with Gasteiger partial charge in [0.05, 0.1) is 19.3 Å². The lowest BCUT2D eigenvalue weighted by atomic mass is 10.1. The minimum atomic E-state index is 0.320. The van der Waals surface area contributed by atoms with Crippen LogP contribution in [0.1, 0.15) is 37.8 Å². The molecule has 1 aromatic carbocycles. The van der Waals surface area contributed by atoms with Crippen molar-refractivity contribution in [3.63, 3.8) is 0 Å². The highest BCUT2D eigenvalue weighted by Crippen LogP contribution is 2.15. The number of nitrogens with zero attached hydrogens (tertiary/aromatic N) is 3. The number of nitrogens with two attached hydrogens (primary N) is 1. The van der Waals surface area contributed by atoms with Crippen LogP contribution in [0.3, 0.4) is 0 Å². The number of nitrogens with one attached hydrogen (secondary N) is 1. The molecule has 0 amide bonds. The number of hydrogen-bond acceptors (Lipinski definition) is 4. The molecule has 0 aromatic heterocycles. The Hall–Kier alpha value is -1.63. The minimum absolute atomic E-state index is 0.320. The smallest absolute Gasteiger partial charge is 0.188 e. The first-order valence-corrected chi connectivity index (χ1v) is 10.3. The van der Waals surface area contributed by atoms with Crippen LogP contribution < -0.4 is 11.1 Å². The van der Waals surface area contributed by atoms with E-state index in [9.17, 15) is 0 Å². The lowest BCUT2D eigenvalue weighted by Crippen LogP contribution is -2.42. The van der Waals surface area contributed by atoms with Crippen molar-refractivity contribution in [1.29, 1.82) is 0 Å². The highest BCUT2D eigenvalue weighted by molar-refractivity contribution is 5.77. The fraction of sp³-hybridized carbons (Fsp3) is 0.667. The zero-order chi connectivity index (χ0) is 19.1. The third-order valence-corrected chi connectivity index (χ3v) is 5.58. The summed E-state index contributed by atoms with van der Waals surface area (Å²) in [6.07, 6.45) is 2.85. The summed E-state index contributed by atoms with van der Waals surface area (Å²) in [5, 5.41) is 3.31. The molecule has 27 heavy (non-hydrogen) atoms. The van der Waals surface area contributed by atoms with Gasteiger partial charge >= 0.3 is 0 Å². The van der Waals surface area contributed by atoms with Crippen LogP contribution in [-0.4, -0.2) is 67.2 Å². The van der Waals surface area contributed by atoms with Gasteiger partial charge in [-0.05, 0) is 44.0 Å². The highest BCUT2D eigenvalue weighted by atomic mass is 16.5. The second kappa shape index (κ2) is 10.1. The van der Waals surface area contributed by atoms with Gasteiger partial charge in [-0.25, -0.2) is 4.99 Å². The second-order valence-electron chi connectivity index (χ2n) is 7.74. The molecule has 2 saturated heterocycles. The highest BCUT2D eigenvalue weighted by Gasteiger charge is 2.22. The number of likely N-dealkylation sites (tertiary alicyclic amines) is 1. The molecule has 1 aromatic rings. The van der Waals surface area contributed by atoms with Gasteiger partial charge in [-0.2, -0.15) is 0 Å². The molecule has 0 aliphatic carbocycles. The Kier molecular flexibility index (Phi) is 7.50. The molecule has 0 radical (unpaired) electrons. The van der Waals surface area contributed by atoms with Gasteiger partial charge in [-0.3, -0.25) is 9.80 Å². The molecule has 3 N–H and O–H groups in total. The Morgan fingerprint density at radius 1 is 1.33 bits per heavy atom. The summed E-state index contributed by atoms with van der Waals surface area (Å²) in [6, 6.07) is 9.26. The molecule has 2 aliphatic rings. The summed E-state index contributed by atoms with van der Waals surface area (Å²) < 4.78 is 5.62. The van der Waals surface area contributed by atoms with Crippen LogP contribution in [0.25, 0.3) is 0 Å². The van der Waals surface area contributed by atoms with Gasteiger partial charge in [0.2, 0.25) is 0 Å². The number of ether oxygens (including phenoxy) is 1. The van der Waals surface area contributed by atoms with E-state index in [4.69, 9.17) is 10.5 Å². The van der Waals surface area contributed by atoms with Crippen molar-refractivity contribution in [1.82, 2.24) is 15.1 Å². The van der Waals surface area contributed by atoms with Crippen LogP contribution in [0, 0.1) is 0 Å². The molecule has 0 saturated carbocycles. The first-order chi connectivity index (χ1) is 13.1. The van der Waals surface area contributed by atoms with Crippen molar-refractivity contribution in [2.75, 3.05) is 39.3 Å². The van der Waals surface area contributed by atoms with Gasteiger partial charge < -0.3 is 15.8 Å². The van der Waals surface area contributed by atoms with Crippen molar-refractivity contribution >= 4 is 5.96 Å². The Bertz CT molecular complexity index is 620. The second-order valence-corrected chi connectivity index (χ2v) is 7.74. The van der Waals surface area contributed by atoms with Gasteiger partial charge in [-0.15, -0.1) is 0 Å². The number of benzene rings is 1. The van der Waals surface area contributed by atoms with Gasteiger partial charge in [0, 0.05) is 32.2 Å². The third kappa shape index (κ3) is 6.19. The third-order valence-electron chi connectivity index (χ3n) is 5.58. The Labute approximate surface area is 163 Å². The van der Waals surface area contributed by atoms with Crippen LogP contribution in [0.5, 0.6) is 0 Å². The molecule has 6 heteroatoms. The number of guanidine groups is 1. The Balaban J connectivity index is 1.47. The van der Waals surface area contributed by atoms with E-state index in [-0.39, 0.29) is 0 Å². The minimum Gasteiger partial charge on any atom is -0.376 e. The standard InChI is InChI=1S/C21H35N5O/c1-3-26-9-5-8-20(26)14-24-21(22)23-13-18-6-4-7-19(12-18)16-25-10-11-27-17(2)15-25/h4,6-7,12,17,20H,3,5,8-11,13-16H2,1-2H3,(H3,22,23,24). The maximum Gasteiger partial charge on any atom is 0.188 e. The monoisotopic (exact) mass is 373 g/mol. The molecule has 2 fully saturated rings. The molecule has 2 unspecified atom stereocenters. The molecule has 3 rings (SSSR count). The van der Waals surface area contributed by atoms with Gasteiger partial charge in [-0.1, -0.05) is 31.2 Å². The van der Waals surface area contributed by atoms with E-state index in [0.29, 0.717) is 24.7 Å². The summed E-state index contributed by atoms with van der Waals surface area (Å²) in [5.74, 6) is 0.547. The summed E-state index contributed by atoms with van der Waals surface area (Å²) in [4.78, 5) is 9.50. The van der Waals surface area contributed by atoms with Crippen LogP contribution in [0.15, 0.2) is 29.3 Å². The van der Waals surface area contributed by atoms with Crippen LogP contribution in [0.2, 0.25) is 0 Å². The molecule has 2 aliphatic heterocycles. The number of morpholine rings is 1. The summed E-state index contributed by atoms with van der Waals surface area (Å²) in [7, 11) is 0. The van der Waals surface area contributed by atoms with E-state index in [1.807, 2.05) is 0 Å². The average Bonchev–Trinajstić information content (AvgIpc) is 3.13. The number of aliphatic imine (C=N–C) groups is 1. The van der Waals surface area contributed by atoms with Crippen LogP contribution in [-0.2, 0) is 17.8 Å². The van der Waals surface area contributed by atoms with Gasteiger partial charge in [0.1, 0.15) is 0 Å². The number of likely N-dealkylation sites (N-methyl/N-ethyl adjacent to an activating group) is 1. The predicted octanol–water partition coefficient (Wildman–Crippen LogP) is 1.80. The predicted molar refractivity (Wildman–Crippen MR) is 111 cm³/mol. The normalized spacial score (nSPS) is 25.0. The van der Waals surface area contributed by atoms with Crippen molar-refractivity contribution in [2.45, 2.75) is 51.9 Å². The lowest BCUT2D eigenvalue weighted by Gasteiger charge is -2.31. The fourth-order valence-corrected chi connectivity index (χ4v) is 4.12. The molecular formula is C21H35N5O. The van der Waals surface area contributed by atoms with Crippen molar-refractivity contribution in [3.8, 4) is 0 Å². The Morgan fingerprint density at radius 2 is 2.19 bits per heavy atom. The fourth-order valence-electron chi connectivity index (χ4n) is 4.12. The van der Waals surface area contributed by atoms with Crippen molar-refractivity contribution in [2.24, 2.45) is 10.7 Å². The SMILES string of the molecule is CCN1CCCC1CNC(N)=NCc1cccc(CN2CCOC(C)C2)c1. The largest absolute Gasteiger partial charge is 0.376 e. The Morgan fingerprint density at radius 3 is 3.00 bits per heavy atom. The van der Waals surface area contributed by atoms with E-state index < -0.39 is 0 Å². The number of rotatable bonds is 7. The first-order valence-electron chi connectivity index (χ1n) is 10.3. The summed E-state index contributed by atoms with van der Waals surface area (Å²) >= 11 is 0. The summed E-state index contributed by atoms with van der Waals surface area (Å²) in [5.41, 5.74) is 8.62. The average molecular weight is 374 g/mol. The zero-order valence-electron chi connectivity index (χ0n) is 16.9. The maximum absolute atomic E-state index is 6.09. The molecule has 0 spiro atoms. The van der Waals surface area contributed by atoms with E-state index in [0.717, 1.165) is 39.3 Å². The molecule has 6 nitrogen and oxygen atoms in total. The van der Waals surface area contributed by atoms with Crippen molar-refractivity contribution in [3.05, 3.63) is 35.4 Å². The van der Waals surface area contributed by atoms with Gasteiger partial charge in [0.15, 0.2) is 5.96 Å². The zero-order valence-corrected chi connectivity index (χ0v) is 16.9. The topological polar surface area (TPSA) is 66.1 Å².